The molecule has 3 unspecified atom stereocenters. The summed E-state index contributed by atoms with van der Waals surface area (Å²) in [5.74, 6) is -1.61. The first-order chi connectivity index (χ1) is 21.8. The molecular weight excluding hydrogens is 582 g/mol. The Kier molecular flexibility index (Phi) is 10.6. The molecule has 3 fully saturated rings. The number of likely N-dealkylation sites (tertiary alicyclic amines) is 1. The minimum atomic E-state index is -0.787. The van der Waals surface area contributed by atoms with Crippen molar-refractivity contribution in [3.63, 3.8) is 0 Å². The molecule has 2 aromatic carbocycles. The molecule has 3 aliphatic heterocycles. The molecule has 7 atom stereocenters. The fourth-order valence-corrected chi connectivity index (χ4v) is 10.4. The van der Waals surface area contributed by atoms with E-state index in [1.807, 2.05) is 65.6 Å². The maximum atomic E-state index is 14.9. The zero-order chi connectivity index (χ0) is 32.1. The fourth-order valence-electron chi connectivity index (χ4n) is 7.96. The molecule has 5 rings (SSSR count). The third-order valence-electron chi connectivity index (χ3n) is 9.96. The quantitative estimate of drug-likeness (QED) is 0.212. The maximum Gasteiger partial charge on any atom is 0.247 e. The molecule has 0 aliphatic carbocycles. The van der Waals surface area contributed by atoms with Crippen LogP contribution in [0, 0.1) is 17.8 Å². The summed E-state index contributed by atoms with van der Waals surface area (Å²) < 4.78 is -0.774. The number of carbonyl (C=O) groups excluding carboxylic acids is 3. The number of aliphatic hydroxyl groups is 1. The lowest BCUT2D eigenvalue weighted by Crippen LogP contribution is -2.59. The SMILES string of the molecule is C=CCN(CCCCC)C(=O)C1N([C@@H](CO)Cc2ccccc2)C(=O)[C@@H]2[C@H](C(=O)N(CC=C)c3ccccc3)[C@@H]3CC(C)C12S3. The van der Waals surface area contributed by atoms with Crippen LogP contribution in [-0.2, 0) is 20.8 Å². The predicted octanol–water partition coefficient (Wildman–Crippen LogP) is 5.35. The first-order valence-electron chi connectivity index (χ1n) is 16.4. The molecule has 2 bridgehead atoms. The number of benzene rings is 2. The third kappa shape index (κ3) is 5.99. The van der Waals surface area contributed by atoms with Gasteiger partial charge in [0.2, 0.25) is 17.7 Å². The van der Waals surface area contributed by atoms with Crippen LogP contribution in [0.3, 0.4) is 0 Å². The lowest BCUT2D eigenvalue weighted by molar-refractivity contribution is -0.145. The van der Waals surface area contributed by atoms with E-state index in [-0.39, 0.29) is 35.5 Å². The Hall–Kier alpha value is -3.36. The van der Waals surface area contributed by atoms with Crippen LogP contribution >= 0.6 is 11.8 Å². The molecule has 240 valence electrons. The largest absolute Gasteiger partial charge is 0.394 e. The normalized spacial score (nSPS) is 27.2. The molecule has 3 aliphatic rings. The third-order valence-corrected chi connectivity index (χ3v) is 12.0. The summed E-state index contributed by atoms with van der Waals surface area (Å²) >= 11 is 1.68. The van der Waals surface area contributed by atoms with E-state index in [9.17, 15) is 19.5 Å². The second-order valence-corrected chi connectivity index (χ2v) is 14.2. The summed E-state index contributed by atoms with van der Waals surface area (Å²) in [4.78, 5) is 49.6. The molecule has 0 saturated carbocycles. The van der Waals surface area contributed by atoms with Gasteiger partial charge < -0.3 is 19.8 Å². The molecule has 45 heavy (non-hydrogen) atoms. The summed E-state index contributed by atoms with van der Waals surface area (Å²) in [6.45, 7) is 13.1. The topological polar surface area (TPSA) is 81.2 Å². The highest BCUT2D eigenvalue weighted by Crippen LogP contribution is 2.69. The predicted molar refractivity (Wildman–Crippen MR) is 182 cm³/mol. The number of fused-ring (bicyclic) bond motifs is 1. The van der Waals surface area contributed by atoms with Crippen LogP contribution in [0.2, 0.25) is 0 Å². The smallest absolute Gasteiger partial charge is 0.247 e. The van der Waals surface area contributed by atoms with Gasteiger partial charge in [0.05, 0.1) is 29.2 Å². The van der Waals surface area contributed by atoms with Crippen molar-refractivity contribution in [1.29, 1.82) is 0 Å². The molecule has 3 amide bonds. The van der Waals surface area contributed by atoms with Crippen molar-refractivity contribution >= 4 is 35.2 Å². The number of aliphatic hydroxyl groups excluding tert-OH is 1. The Morgan fingerprint density at radius 3 is 2.33 bits per heavy atom. The van der Waals surface area contributed by atoms with Crippen molar-refractivity contribution in [2.75, 3.05) is 31.1 Å². The first-order valence-corrected chi connectivity index (χ1v) is 17.2. The molecule has 7 nitrogen and oxygen atoms in total. The Bertz CT molecular complexity index is 1370. The summed E-state index contributed by atoms with van der Waals surface area (Å²) in [6, 6.07) is 17.9. The van der Waals surface area contributed by atoms with E-state index >= 15 is 0 Å². The van der Waals surface area contributed by atoms with E-state index in [2.05, 4.69) is 27.0 Å². The Balaban J connectivity index is 1.59. The molecule has 8 heteroatoms. The van der Waals surface area contributed by atoms with Gasteiger partial charge in [-0.2, -0.15) is 0 Å². The summed E-state index contributed by atoms with van der Waals surface area (Å²) in [5, 5.41) is 10.8. The van der Waals surface area contributed by atoms with Gasteiger partial charge in [0.1, 0.15) is 6.04 Å². The lowest BCUT2D eigenvalue weighted by atomic mass is 9.65. The highest BCUT2D eigenvalue weighted by Gasteiger charge is 2.77. The van der Waals surface area contributed by atoms with Gasteiger partial charge in [-0.1, -0.05) is 87.4 Å². The van der Waals surface area contributed by atoms with Crippen molar-refractivity contribution in [3.05, 3.63) is 91.5 Å². The van der Waals surface area contributed by atoms with Crippen LogP contribution in [0.15, 0.2) is 86.0 Å². The molecule has 0 aromatic heterocycles. The summed E-state index contributed by atoms with van der Waals surface area (Å²) in [6.07, 6.45) is 7.51. The highest BCUT2D eigenvalue weighted by molar-refractivity contribution is 8.02. The van der Waals surface area contributed by atoms with Crippen LogP contribution in [0.4, 0.5) is 5.69 Å². The molecular formula is C37H47N3O4S. The van der Waals surface area contributed by atoms with E-state index in [4.69, 9.17) is 0 Å². The van der Waals surface area contributed by atoms with Crippen molar-refractivity contribution in [1.82, 2.24) is 9.80 Å². The van der Waals surface area contributed by atoms with Gasteiger partial charge in [-0.25, -0.2) is 0 Å². The molecule has 2 aromatic rings. The van der Waals surface area contributed by atoms with Crippen LogP contribution in [0.1, 0.15) is 45.1 Å². The molecule has 0 radical (unpaired) electrons. The highest BCUT2D eigenvalue weighted by atomic mass is 32.2. The standard InChI is InChI=1S/C37H47N3O4S/c1-5-8-15-22-38(20-6-2)36(44)33-37-26(4)23-30(45-37)31(34(42)39(21-7-3)28-18-13-10-14-19-28)32(37)35(43)40(33)29(25-41)24-27-16-11-9-12-17-27/h6-7,9-14,16-19,26,29-33,41H,2-3,5,8,15,20-25H2,1,4H3/t26?,29-,30+,31-,32+,33?,37?/m1/s1. The Labute approximate surface area is 272 Å². The second kappa shape index (κ2) is 14.4. The van der Waals surface area contributed by atoms with Crippen LogP contribution < -0.4 is 4.90 Å². The Morgan fingerprint density at radius 1 is 1.04 bits per heavy atom. The number of hydrogen-bond acceptors (Lipinski definition) is 5. The number of carbonyl (C=O) groups is 3. The van der Waals surface area contributed by atoms with E-state index in [0.717, 1.165) is 36.9 Å². The number of para-hydroxylation sites is 1. The van der Waals surface area contributed by atoms with Gasteiger partial charge >= 0.3 is 0 Å². The van der Waals surface area contributed by atoms with E-state index in [1.165, 1.54) is 0 Å². The van der Waals surface area contributed by atoms with Gasteiger partial charge in [0.25, 0.3) is 0 Å². The van der Waals surface area contributed by atoms with Gasteiger partial charge in [0, 0.05) is 30.6 Å². The molecule has 3 saturated heterocycles. The van der Waals surface area contributed by atoms with Crippen molar-refractivity contribution in [3.8, 4) is 0 Å². The lowest BCUT2D eigenvalue weighted by Gasteiger charge is -2.42. The first kappa shape index (κ1) is 33.0. The van der Waals surface area contributed by atoms with E-state index < -0.39 is 28.7 Å². The number of anilines is 1. The van der Waals surface area contributed by atoms with Crippen molar-refractivity contribution < 1.29 is 19.5 Å². The minimum absolute atomic E-state index is 0.0336. The van der Waals surface area contributed by atoms with Crippen LogP contribution in [0.25, 0.3) is 0 Å². The Morgan fingerprint density at radius 2 is 1.71 bits per heavy atom. The minimum Gasteiger partial charge on any atom is -0.394 e. The molecule has 1 spiro atoms. The van der Waals surface area contributed by atoms with E-state index in [1.54, 1.807) is 33.7 Å². The summed E-state index contributed by atoms with van der Waals surface area (Å²) in [7, 11) is 0. The number of thioether (sulfide) groups is 1. The number of rotatable bonds is 15. The number of nitrogens with zero attached hydrogens (tertiary/aromatic N) is 3. The van der Waals surface area contributed by atoms with E-state index in [0.29, 0.717) is 26.1 Å². The second-order valence-electron chi connectivity index (χ2n) is 12.7. The van der Waals surface area contributed by atoms with Crippen LogP contribution in [-0.4, -0.2) is 80.9 Å². The van der Waals surface area contributed by atoms with Gasteiger partial charge in [-0.15, -0.1) is 24.9 Å². The zero-order valence-electron chi connectivity index (χ0n) is 26.6. The van der Waals surface area contributed by atoms with Crippen molar-refractivity contribution in [2.45, 2.75) is 68.0 Å². The fraction of sp³-hybridized carbons (Fsp3) is 0.486. The van der Waals surface area contributed by atoms with Gasteiger partial charge in [-0.3, -0.25) is 14.4 Å². The average molecular weight is 630 g/mol. The molecule has 1 N–H and O–H groups in total. The summed E-state index contributed by atoms with van der Waals surface area (Å²) in [5.41, 5.74) is 1.74. The van der Waals surface area contributed by atoms with Crippen molar-refractivity contribution in [2.24, 2.45) is 17.8 Å². The molecule has 3 heterocycles. The maximum absolute atomic E-state index is 14.9. The van der Waals surface area contributed by atoms with Crippen LogP contribution in [0.5, 0.6) is 0 Å². The zero-order valence-corrected chi connectivity index (χ0v) is 27.4. The number of amides is 3. The average Bonchev–Trinajstić information content (AvgIpc) is 3.66. The van der Waals surface area contributed by atoms with Gasteiger partial charge in [-0.05, 0) is 42.9 Å². The number of hydrogen-bond donors (Lipinski definition) is 1. The number of unbranched alkanes of at least 4 members (excludes halogenated alkanes) is 2. The van der Waals surface area contributed by atoms with Gasteiger partial charge in [0.15, 0.2) is 0 Å². The monoisotopic (exact) mass is 629 g/mol.